The lowest BCUT2D eigenvalue weighted by atomic mass is 10.0. The molecule has 32 heavy (non-hydrogen) atoms. The second kappa shape index (κ2) is 12.5. The number of carbonyl (C=O) groups excluding carboxylic acids is 2. The highest BCUT2D eigenvalue weighted by Gasteiger charge is 2.28. The van der Waals surface area contributed by atoms with E-state index >= 15 is 0 Å². The summed E-state index contributed by atoms with van der Waals surface area (Å²) in [5.41, 5.74) is 0.970. The first-order chi connectivity index (χ1) is 15.6. The van der Waals surface area contributed by atoms with Crippen molar-refractivity contribution in [2.75, 3.05) is 13.6 Å². The highest BCUT2D eigenvalue weighted by molar-refractivity contribution is 5.82. The molecule has 1 aliphatic rings. The molecule has 2 heterocycles. The third-order valence-electron chi connectivity index (χ3n) is 6.36. The first-order valence-electron chi connectivity index (χ1n) is 12.1. The van der Waals surface area contributed by atoms with Crippen LogP contribution in [0.25, 0.3) is 11.3 Å². The predicted molar refractivity (Wildman–Crippen MR) is 126 cm³/mol. The molecule has 0 spiro atoms. The minimum Gasteiger partial charge on any atom is -0.438 e. The summed E-state index contributed by atoms with van der Waals surface area (Å²) in [6.07, 6.45) is 10.8. The zero-order valence-electron chi connectivity index (χ0n) is 19.5. The summed E-state index contributed by atoms with van der Waals surface area (Å²) in [5, 5.41) is 3.23. The van der Waals surface area contributed by atoms with Gasteiger partial charge in [0, 0.05) is 18.4 Å². The number of nitrogens with one attached hydrogen (secondary N) is 1. The van der Waals surface area contributed by atoms with Crippen LogP contribution in [0, 0.1) is 0 Å². The van der Waals surface area contributed by atoms with Gasteiger partial charge >= 0.3 is 0 Å². The zero-order valence-corrected chi connectivity index (χ0v) is 19.5. The van der Waals surface area contributed by atoms with Crippen LogP contribution in [0.1, 0.15) is 83.1 Å². The van der Waals surface area contributed by atoms with Gasteiger partial charge in [-0.2, -0.15) is 0 Å². The topological polar surface area (TPSA) is 75.4 Å². The smallest absolute Gasteiger partial charge is 0.237 e. The molecule has 6 heteroatoms. The van der Waals surface area contributed by atoms with E-state index in [1.54, 1.807) is 6.20 Å². The fraction of sp³-hybridized carbons (Fsp3) is 0.577. The number of carbonyl (C=O) groups is 2. The summed E-state index contributed by atoms with van der Waals surface area (Å²) in [6.45, 7) is 2.86. The average molecular weight is 440 g/mol. The number of likely N-dealkylation sites (tertiary alicyclic amines) is 1. The van der Waals surface area contributed by atoms with Crippen LogP contribution >= 0.6 is 0 Å². The van der Waals surface area contributed by atoms with Gasteiger partial charge in [0.1, 0.15) is 11.8 Å². The second-order valence-corrected chi connectivity index (χ2v) is 8.83. The van der Waals surface area contributed by atoms with Crippen LogP contribution in [0.15, 0.2) is 40.9 Å². The first-order valence-corrected chi connectivity index (χ1v) is 12.1. The molecule has 1 saturated heterocycles. The molecule has 0 saturated carbocycles. The summed E-state index contributed by atoms with van der Waals surface area (Å²) < 4.78 is 6.09. The molecule has 0 aliphatic carbocycles. The maximum Gasteiger partial charge on any atom is 0.237 e. The summed E-state index contributed by atoms with van der Waals surface area (Å²) >= 11 is 0. The summed E-state index contributed by atoms with van der Waals surface area (Å²) in [4.78, 5) is 31.4. The molecule has 1 aromatic carbocycles. The lowest BCUT2D eigenvalue weighted by molar-refractivity contribution is -0.127. The van der Waals surface area contributed by atoms with Gasteiger partial charge in [-0.05, 0) is 39.3 Å². The van der Waals surface area contributed by atoms with Crippen molar-refractivity contribution in [3.63, 3.8) is 0 Å². The maximum absolute atomic E-state index is 13.2. The van der Waals surface area contributed by atoms with E-state index in [1.807, 2.05) is 44.3 Å². The molecule has 3 rings (SSSR count). The van der Waals surface area contributed by atoms with Crippen molar-refractivity contribution in [3.05, 3.63) is 42.4 Å². The molecule has 1 amide bonds. The molecule has 1 aliphatic heterocycles. The fourth-order valence-corrected chi connectivity index (χ4v) is 4.32. The fourth-order valence-electron chi connectivity index (χ4n) is 4.32. The number of likely N-dealkylation sites (N-methyl/N-ethyl adjacent to an activating group) is 1. The van der Waals surface area contributed by atoms with E-state index in [9.17, 15) is 9.59 Å². The molecular formula is C26H37N3O3. The van der Waals surface area contributed by atoms with Crippen LogP contribution in [-0.4, -0.2) is 41.2 Å². The van der Waals surface area contributed by atoms with Crippen molar-refractivity contribution >= 4 is 11.7 Å². The number of hydrogen-bond acceptors (Lipinski definition) is 5. The summed E-state index contributed by atoms with van der Waals surface area (Å²) in [5.74, 6) is 1.63. The van der Waals surface area contributed by atoms with Crippen molar-refractivity contribution in [2.24, 2.45) is 0 Å². The number of nitrogens with zero attached hydrogens (tertiary/aromatic N) is 2. The summed E-state index contributed by atoms with van der Waals surface area (Å²) in [7, 11) is 2.04. The molecule has 1 N–H and O–H groups in total. The SMILES string of the molecule is CCC(=O)CCCCC[C@H](NC(=O)C1CCCCCN1C)c1ncc(-c2ccccc2)o1. The van der Waals surface area contributed by atoms with E-state index in [0.29, 0.717) is 30.3 Å². The number of amides is 1. The van der Waals surface area contributed by atoms with E-state index in [0.717, 1.165) is 57.1 Å². The van der Waals surface area contributed by atoms with Gasteiger partial charge in [0.15, 0.2) is 5.76 Å². The van der Waals surface area contributed by atoms with Crippen LogP contribution in [0.4, 0.5) is 0 Å². The maximum atomic E-state index is 13.2. The van der Waals surface area contributed by atoms with Crippen molar-refractivity contribution in [1.29, 1.82) is 0 Å². The van der Waals surface area contributed by atoms with Gasteiger partial charge < -0.3 is 9.73 Å². The molecular weight excluding hydrogens is 402 g/mol. The van der Waals surface area contributed by atoms with E-state index in [4.69, 9.17) is 4.42 Å². The number of rotatable bonds is 11. The van der Waals surface area contributed by atoms with Gasteiger partial charge in [-0.1, -0.05) is 62.9 Å². The van der Waals surface area contributed by atoms with E-state index in [1.165, 1.54) is 6.42 Å². The molecule has 2 aromatic rings. The summed E-state index contributed by atoms with van der Waals surface area (Å²) in [6, 6.07) is 9.51. The number of unbranched alkanes of at least 4 members (excludes halogenated alkanes) is 2. The number of hydrogen-bond donors (Lipinski definition) is 1. The molecule has 1 aromatic heterocycles. The van der Waals surface area contributed by atoms with Gasteiger partial charge in [-0.15, -0.1) is 0 Å². The Morgan fingerprint density at radius 1 is 1.16 bits per heavy atom. The Morgan fingerprint density at radius 3 is 2.75 bits per heavy atom. The minimum atomic E-state index is -0.265. The molecule has 6 nitrogen and oxygen atoms in total. The van der Waals surface area contributed by atoms with E-state index in [-0.39, 0.29) is 18.0 Å². The normalized spacial score (nSPS) is 18.1. The molecule has 174 valence electrons. The molecule has 2 atom stereocenters. The molecule has 1 fully saturated rings. The zero-order chi connectivity index (χ0) is 22.8. The predicted octanol–water partition coefficient (Wildman–Crippen LogP) is 5.30. The average Bonchev–Trinajstić information content (AvgIpc) is 3.20. The number of benzene rings is 1. The monoisotopic (exact) mass is 439 g/mol. The van der Waals surface area contributed by atoms with Crippen LogP contribution in [-0.2, 0) is 9.59 Å². The quantitative estimate of drug-likeness (QED) is 0.481. The van der Waals surface area contributed by atoms with Crippen molar-refractivity contribution in [2.45, 2.75) is 83.2 Å². The largest absolute Gasteiger partial charge is 0.438 e. The van der Waals surface area contributed by atoms with Crippen LogP contribution in [0.3, 0.4) is 0 Å². The Hall–Kier alpha value is -2.47. The van der Waals surface area contributed by atoms with Gasteiger partial charge in [-0.25, -0.2) is 4.98 Å². The highest BCUT2D eigenvalue weighted by atomic mass is 16.4. The Morgan fingerprint density at radius 2 is 1.97 bits per heavy atom. The second-order valence-electron chi connectivity index (χ2n) is 8.83. The number of oxazole rings is 1. The van der Waals surface area contributed by atoms with Crippen LogP contribution in [0.2, 0.25) is 0 Å². The van der Waals surface area contributed by atoms with Gasteiger partial charge in [-0.3, -0.25) is 14.5 Å². The van der Waals surface area contributed by atoms with E-state index in [2.05, 4.69) is 15.2 Å². The number of ketones is 1. The Bertz CT molecular complexity index is 849. The number of aromatic nitrogens is 1. The van der Waals surface area contributed by atoms with Gasteiger partial charge in [0.2, 0.25) is 11.8 Å². The van der Waals surface area contributed by atoms with Gasteiger partial charge in [0.05, 0.1) is 12.2 Å². The first kappa shape index (κ1) is 24.2. The Balaban J connectivity index is 1.67. The molecule has 1 unspecified atom stereocenters. The minimum absolute atomic E-state index is 0.0556. The lowest BCUT2D eigenvalue weighted by Gasteiger charge is -2.26. The lowest BCUT2D eigenvalue weighted by Crippen LogP contribution is -2.45. The molecule has 0 radical (unpaired) electrons. The van der Waals surface area contributed by atoms with Crippen molar-refractivity contribution in [1.82, 2.24) is 15.2 Å². The Kier molecular flexibility index (Phi) is 9.47. The van der Waals surface area contributed by atoms with E-state index < -0.39 is 0 Å². The van der Waals surface area contributed by atoms with Crippen molar-refractivity contribution < 1.29 is 14.0 Å². The Labute approximate surface area is 191 Å². The number of Topliss-reactive ketones (excluding diaryl/α,β-unsaturated/α-hetero) is 1. The standard InChI is InChI=1S/C26H37N3O3/c1-3-21(30)15-9-5-10-16-22(28-25(31)23-17-11-6-12-18-29(23)2)26-27-19-24(32-26)20-13-7-4-8-14-20/h4,7-8,13-14,19,22-23H,3,5-6,9-12,15-18H2,1-2H3,(H,28,31)/t22-,23?/m0/s1. The van der Waals surface area contributed by atoms with Gasteiger partial charge in [0.25, 0.3) is 0 Å². The third-order valence-corrected chi connectivity index (χ3v) is 6.36. The van der Waals surface area contributed by atoms with Crippen LogP contribution < -0.4 is 5.32 Å². The highest BCUT2D eigenvalue weighted by Crippen LogP contribution is 2.26. The third kappa shape index (κ3) is 7.02. The van der Waals surface area contributed by atoms with Crippen LogP contribution in [0.5, 0.6) is 0 Å². The molecule has 0 bridgehead atoms. The van der Waals surface area contributed by atoms with Crippen molar-refractivity contribution in [3.8, 4) is 11.3 Å².